The first-order valence-electron chi connectivity index (χ1n) is 22.2. The number of aromatic nitrogens is 2. The Morgan fingerprint density at radius 2 is 1.02 bits per heavy atom. The molecule has 0 aliphatic heterocycles. The van der Waals surface area contributed by atoms with Crippen LogP contribution in [0.3, 0.4) is 0 Å². The number of hydrogen-bond donors (Lipinski definition) is 0. The molecule has 2 aromatic carbocycles. The summed E-state index contributed by atoms with van der Waals surface area (Å²) in [6.45, 7) is 19.3. The van der Waals surface area contributed by atoms with E-state index in [1.165, 1.54) is 111 Å². The topological polar surface area (TPSA) is 105 Å². The van der Waals surface area contributed by atoms with Crippen molar-refractivity contribution in [3.63, 3.8) is 0 Å². The summed E-state index contributed by atoms with van der Waals surface area (Å²) in [7, 11) is 0. The summed E-state index contributed by atoms with van der Waals surface area (Å²) in [5.41, 5.74) is 2.83. The number of thiophene rings is 2. The Hall–Kier alpha value is -4.19. The first-order valence-corrected chi connectivity index (χ1v) is 32.1. The fourth-order valence-electron chi connectivity index (χ4n) is 7.49. The van der Waals surface area contributed by atoms with Crippen LogP contribution in [0.4, 0.5) is 17.6 Å². The van der Waals surface area contributed by atoms with Crippen LogP contribution in [0.15, 0.2) is 75.8 Å². The summed E-state index contributed by atoms with van der Waals surface area (Å²) in [5, 5.41) is 0. The number of halogens is 5. The number of ketones is 1. The third-order valence-corrected chi connectivity index (χ3v) is 29.1. The maximum absolute atomic E-state index is 13.6. The van der Waals surface area contributed by atoms with Gasteiger partial charge >= 0.3 is 132 Å². The summed E-state index contributed by atoms with van der Waals surface area (Å²) < 4.78 is 77.4. The van der Waals surface area contributed by atoms with Crippen LogP contribution in [0, 0.1) is 23.3 Å². The predicted octanol–water partition coefficient (Wildman–Crippen LogP) is 15.7. The van der Waals surface area contributed by atoms with Crippen molar-refractivity contribution in [3.8, 4) is 22.3 Å². The van der Waals surface area contributed by atoms with E-state index in [1.54, 1.807) is 26.0 Å². The number of pyridine rings is 2. The van der Waals surface area contributed by atoms with Gasteiger partial charge in [-0.25, -0.2) is 27.2 Å². The molecule has 0 bridgehead atoms. The fourth-order valence-corrected chi connectivity index (χ4v) is 25.3. The average Bonchev–Trinajstić information content (AvgIpc) is 3.85. The van der Waals surface area contributed by atoms with Crippen LogP contribution in [0.25, 0.3) is 42.7 Å². The van der Waals surface area contributed by atoms with Gasteiger partial charge in [0, 0.05) is 35.7 Å². The quantitative estimate of drug-likeness (QED) is 0.0260. The Bertz CT molecular complexity index is 2580. The third-order valence-electron chi connectivity index (χ3n) is 10.6. The SMILES string of the molecule is C=[C](OCC)[Sn]([CH2]CCC)([CH2]CCC)[CH2]CCC.CCOC(=O)c1sc2c(-c3cc(F)cc(F)c3)ccnc2c1Br.CCOC(=O)c1sc2c(-c3cc(F)cc(F)c3)ccnc2c1C(C)=O. The van der Waals surface area contributed by atoms with E-state index in [0.29, 0.717) is 52.0 Å². The maximum atomic E-state index is 13.6. The molecule has 0 radical (unpaired) electrons. The Balaban J connectivity index is 0.000000220. The molecule has 8 nitrogen and oxygen atoms in total. The molecule has 0 aliphatic carbocycles. The monoisotopic (exact) mass is 1120 g/mol. The number of nitrogens with zero attached hydrogens (tertiary/aromatic N) is 2. The smallest absolute Gasteiger partial charge is 0.349 e. The van der Waals surface area contributed by atoms with Crippen LogP contribution >= 0.6 is 38.6 Å². The molecule has 4 heterocycles. The molecule has 6 aromatic rings. The van der Waals surface area contributed by atoms with Gasteiger partial charge in [-0.1, -0.05) is 0 Å². The van der Waals surface area contributed by atoms with Crippen LogP contribution in [-0.2, 0) is 14.2 Å². The zero-order chi connectivity index (χ0) is 48.6. The molecule has 0 N–H and O–H groups in total. The van der Waals surface area contributed by atoms with E-state index in [9.17, 15) is 31.9 Å². The molecule has 0 saturated carbocycles. The Labute approximate surface area is 405 Å². The number of hydrogen-bond acceptors (Lipinski definition) is 10. The minimum atomic E-state index is -2.24. The van der Waals surface area contributed by atoms with E-state index in [2.05, 4.69) is 60.2 Å². The molecular weight excluding hydrogens is 1060 g/mol. The van der Waals surface area contributed by atoms with Gasteiger partial charge in [-0.2, -0.15) is 0 Å². The first-order chi connectivity index (χ1) is 31.6. The second kappa shape index (κ2) is 26.4. The number of esters is 2. The van der Waals surface area contributed by atoms with Crippen LogP contribution in [-0.4, -0.2) is 65.9 Å². The van der Waals surface area contributed by atoms with E-state index in [0.717, 1.165) is 30.1 Å². The van der Waals surface area contributed by atoms with Gasteiger partial charge in [0.1, 0.15) is 33.0 Å². The van der Waals surface area contributed by atoms with Crippen LogP contribution in [0.1, 0.15) is 117 Å². The third kappa shape index (κ3) is 13.9. The molecule has 6 rings (SSSR count). The summed E-state index contributed by atoms with van der Waals surface area (Å²) in [6, 6.07) is 9.72. The number of rotatable bonds is 19. The van der Waals surface area contributed by atoms with Gasteiger partial charge in [0.2, 0.25) is 0 Å². The van der Waals surface area contributed by atoms with Gasteiger partial charge in [0.15, 0.2) is 5.78 Å². The number of ether oxygens (including phenoxy) is 3. The molecule has 4 aromatic heterocycles. The van der Waals surface area contributed by atoms with Gasteiger partial charge in [-0.15, -0.1) is 22.7 Å². The molecule has 0 saturated heterocycles. The Morgan fingerprint density at radius 1 is 0.621 bits per heavy atom. The van der Waals surface area contributed by atoms with Gasteiger partial charge in [0.05, 0.1) is 43.7 Å². The molecule has 66 heavy (non-hydrogen) atoms. The number of fused-ring (bicyclic) bond motifs is 2. The Kier molecular flexibility index (Phi) is 21.7. The predicted molar refractivity (Wildman–Crippen MR) is 265 cm³/mol. The average molecular weight is 1120 g/mol. The van der Waals surface area contributed by atoms with Crippen molar-refractivity contribution in [1.29, 1.82) is 0 Å². The summed E-state index contributed by atoms with van der Waals surface area (Å²) >= 11 is 3.32. The number of carbonyl (C=O) groups excluding carboxylic acids is 3. The van der Waals surface area contributed by atoms with Crippen molar-refractivity contribution in [1.82, 2.24) is 9.97 Å². The minimum absolute atomic E-state index is 0.140. The first kappa shape index (κ1) is 54.4. The van der Waals surface area contributed by atoms with Crippen molar-refractivity contribution < 1.29 is 46.2 Å². The summed E-state index contributed by atoms with van der Waals surface area (Å²) in [6.07, 6.45) is 11.1. The Morgan fingerprint density at radius 3 is 1.42 bits per heavy atom. The molecule has 16 heteroatoms. The minimum Gasteiger partial charge on any atom is -0.462 e. The number of unbranched alkanes of at least 4 members (excludes halogenated alkanes) is 3. The van der Waals surface area contributed by atoms with E-state index in [4.69, 9.17) is 14.2 Å². The molecule has 354 valence electrons. The van der Waals surface area contributed by atoms with Crippen molar-refractivity contribution in [3.05, 3.63) is 114 Å². The van der Waals surface area contributed by atoms with E-state index in [-0.39, 0.29) is 29.4 Å². The number of benzene rings is 2. The molecular formula is C50H57BrF4N2O6S2Sn. The molecule has 0 aliphatic rings. The second-order valence-electron chi connectivity index (χ2n) is 15.4. The van der Waals surface area contributed by atoms with Gasteiger partial charge in [-0.3, -0.25) is 14.8 Å². The van der Waals surface area contributed by atoms with E-state index < -0.39 is 53.6 Å². The van der Waals surface area contributed by atoms with Gasteiger partial charge < -0.3 is 9.47 Å². The molecule has 0 atom stereocenters. The van der Waals surface area contributed by atoms with Crippen LogP contribution in [0.5, 0.6) is 0 Å². The number of Topliss-reactive ketones (excluding diaryl/α,β-unsaturated/α-hetero) is 1. The normalized spacial score (nSPS) is 11.1. The largest absolute Gasteiger partial charge is 0.462 e. The van der Waals surface area contributed by atoms with Gasteiger partial charge in [0.25, 0.3) is 0 Å². The molecule has 0 amide bonds. The van der Waals surface area contributed by atoms with Crippen LogP contribution in [0.2, 0.25) is 13.3 Å². The number of carbonyl (C=O) groups is 3. The van der Waals surface area contributed by atoms with Crippen molar-refractivity contribution in [2.45, 2.75) is 100 Å². The zero-order valence-electron chi connectivity index (χ0n) is 38.5. The van der Waals surface area contributed by atoms with E-state index in [1.807, 2.05) is 0 Å². The van der Waals surface area contributed by atoms with Gasteiger partial charge in [-0.05, 0) is 84.2 Å². The molecule has 0 spiro atoms. The zero-order valence-corrected chi connectivity index (χ0v) is 44.6. The van der Waals surface area contributed by atoms with Crippen molar-refractivity contribution >= 4 is 95.1 Å². The maximum Gasteiger partial charge on any atom is 0.349 e. The fraction of sp³-hybridized carbons (Fsp3) is 0.380. The van der Waals surface area contributed by atoms with E-state index >= 15 is 0 Å². The molecule has 0 fully saturated rings. The molecule has 0 unspecified atom stereocenters. The second-order valence-corrected chi connectivity index (χ2v) is 31.4. The summed E-state index contributed by atoms with van der Waals surface area (Å²) in [4.78, 5) is 45.2. The summed E-state index contributed by atoms with van der Waals surface area (Å²) in [5.74, 6) is -4.16. The standard InChI is InChI=1S/C18H13F2NO3S.C16H10BrF2NO2S.C4H7O.3C4H9.Sn/c1-3-24-18(23)17-14(9(2)22)15-16(25-17)13(4-5-21-15)10-6-11(19)8-12(20)7-10;1-2-22-16(21)15-12(17)13-14(23-15)11(3-4-20-13)8-5-9(18)7-10(19)6-8;1-3-5-4-2;3*1-3-4-2;/h4-8H,3H2,1-2H3;3-7H,2H2,1H3;1,4H2,2H3;3*1,3-4H2,2H3;. The van der Waals surface area contributed by atoms with Crippen molar-refractivity contribution in [2.24, 2.45) is 0 Å². The van der Waals surface area contributed by atoms with Crippen molar-refractivity contribution in [2.75, 3.05) is 19.8 Å². The van der Waals surface area contributed by atoms with Crippen LogP contribution < -0.4 is 0 Å².